The predicted octanol–water partition coefficient (Wildman–Crippen LogP) is 5.87. The minimum atomic E-state index is -0.589. The van der Waals surface area contributed by atoms with Crippen molar-refractivity contribution in [3.63, 3.8) is 0 Å². The third-order valence-corrected chi connectivity index (χ3v) is 7.85. The Balaban J connectivity index is 1.43. The molecule has 7 heteroatoms. The molecule has 0 aliphatic carbocycles. The lowest BCUT2D eigenvalue weighted by Crippen LogP contribution is -2.42. The number of amides is 3. The summed E-state index contributed by atoms with van der Waals surface area (Å²) in [5.41, 5.74) is 3.18. The van der Waals surface area contributed by atoms with Gasteiger partial charge in [0.25, 0.3) is 0 Å². The quantitative estimate of drug-likeness (QED) is 0.397. The molecular weight excluding hydrogens is 514 g/mol. The molecule has 0 saturated carbocycles. The Morgan fingerprint density at radius 2 is 1.49 bits per heavy atom. The molecule has 3 atom stereocenters. The maximum Gasteiger partial charge on any atom is 0.410 e. The lowest BCUT2D eigenvalue weighted by atomic mass is 9.87. The van der Waals surface area contributed by atoms with E-state index in [2.05, 4.69) is 17.4 Å². The first-order valence-corrected chi connectivity index (χ1v) is 14.4. The number of hydrogen-bond donors (Lipinski definition) is 1. The van der Waals surface area contributed by atoms with Crippen molar-refractivity contribution in [2.24, 2.45) is 11.8 Å². The normalized spacial score (nSPS) is 20.2. The van der Waals surface area contributed by atoms with Crippen LogP contribution in [0.4, 0.5) is 10.5 Å². The van der Waals surface area contributed by atoms with Crippen molar-refractivity contribution in [1.82, 2.24) is 9.80 Å². The number of carbonyl (C=O) groups is 3. The number of nitrogens with zero attached hydrogens (tertiary/aromatic N) is 2. The number of likely N-dealkylation sites (tertiary alicyclic amines) is 1. The molecule has 3 aromatic rings. The van der Waals surface area contributed by atoms with E-state index in [0.29, 0.717) is 31.9 Å². The minimum absolute atomic E-state index is 0.0445. The number of rotatable bonds is 7. The second-order valence-electron chi connectivity index (χ2n) is 12.2. The van der Waals surface area contributed by atoms with Gasteiger partial charge in [0.15, 0.2) is 0 Å². The highest BCUT2D eigenvalue weighted by molar-refractivity contribution is 6.01. The first-order chi connectivity index (χ1) is 19.7. The van der Waals surface area contributed by atoms with E-state index in [-0.39, 0.29) is 36.2 Å². The Labute approximate surface area is 242 Å². The summed E-state index contributed by atoms with van der Waals surface area (Å²) in [4.78, 5) is 43.7. The predicted molar refractivity (Wildman–Crippen MR) is 159 cm³/mol. The molecule has 41 heavy (non-hydrogen) atoms. The Morgan fingerprint density at radius 3 is 2.17 bits per heavy atom. The van der Waals surface area contributed by atoms with E-state index in [1.807, 2.05) is 98.5 Å². The van der Waals surface area contributed by atoms with Gasteiger partial charge in [0, 0.05) is 38.3 Å². The monoisotopic (exact) mass is 553 g/mol. The second-order valence-corrected chi connectivity index (χ2v) is 12.2. The summed E-state index contributed by atoms with van der Waals surface area (Å²) < 4.78 is 5.72. The summed E-state index contributed by atoms with van der Waals surface area (Å²) in [6.45, 7) is 7.60. The highest BCUT2D eigenvalue weighted by atomic mass is 16.6. The van der Waals surface area contributed by atoms with Crippen molar-refractivity contribution >= 4 is 23.6 Å². The van der Waals surface area contributed by atoms with Crippen LogP contribution in [0.3, 0.4) is 0 Å². The summed E-state index contributed by atoms with van der Waals surface area (Å²) in [5, 5.41) is 2.91. The van der Waals surface area contributed by atoms with Gasteiger partial charge in [-0.2, -0.15) is 0 Å². The molecule has 0 aromatic heterocycles. The lowest BCUT2D eigenvalue weighted by molar-refractivity contribution is -0.136. The molecule has 7 nitrogen and oxygen atoms in total. The SMILES string of the molecule is CC(C)(C)OC(=O)N1CC(Cc2ccccc2)C(CN(Cc2ccccc2)C(=O)C2CC(=O)Nc3ccccc32)C1. The molecule has 3 amide bonds. The van der Waals surface area contributed by atoms with E-state index in [0.717, 1.165) is 17.5 Å². The average Bonchev–Trinajstić information content (AvgIpc) is 3.34. The molecule has 5 rings (SSSR count). The zero-order valence-corrected chi connectivity index (χ0v) is 24.1. The van der Waals surface area contributed by atoms with E-state index in [1.165, 1.54) is 5.56 Å². The number of ether oxygens (including phenoxy) is 1. The van der Waals surface area contributed by atoms with Crippen LogP contribution in [-0.2, 0) is 27.3 Å². The fourth-order valence-electron chi connectivity index (χ4n) is 5.94. The highest BCUT2D eigenvalue weighted by Crippen LogP contribution is 2.35. The fraction of sp³-hybridized carbons (Fsp3) is 0.382. The van der Waals surface area contributed by atoms with Gasteiger partial charge in [0.2, 0.25) is 11.8 Å². The van der Waals surface area contributed by atoms with Gasteiger partial charge in [-0.25, -0.2) is 4.79 Å². The van der Waals surface area contributed by atoms with Crippen molar-refractivity contribution in [1.29, 1.82) is 0 Å². The Bertz CT molecular complexity index is 1370. The summed E-state index contributed by atoms with van der Waals surface area (Å²) in [7, 11) is 0. The van der Waals surface area contributed by atoms with Crippen LogP contribution in [0.15, 0.2) is 84.9 Å². The Hall–Kier alpha value is -4.13. The number of nitrogens with one attached hydrogen (secondary N) is 1. The van der Waals surface area contributed by atoms with Crippen LogP contribution in [-0.4, -0.2) is 52.9 Å². The number of hydrogen-bond acceptors (Lipinski definition) is 4. The molecule has 3 unspecified atom stereocenters. The first kappa shape index (κ1) is 28.4. The van der Waals surface area contributed by atoms with Crippen molar-refractivity contribution in [2.75, 3.05) is 25.0 Å². The summed E-state index contributed by atoms with van der Waals surface area (Å²) in [5.74, 6) is -0.577. The molecule has 1 fully saturated rings. The molecule has 2 aliphatic rings. The lowest BCUT2D eigenvalue weighted by Gasteiger charge is -2.33. The van der Waals surface area contributed by atoms with Gasteiger partial charge in [-0.1, -0.05) is 78.9 Å². The third-order valence-electron chi connectivity index (χ3n) is 7.85. The maximum atomic E-state index is 14.3. The van der Waals surface area contributed by atoms with Crippen LogP contribution in [0.5, 0.6) is 0 Å². The molecule has 2 heterocycles. The fourth-order valence-corrected chi connectivity index (χ4v) is 5.94. The smallest absolute Gasteiger partial charge is 0.410 e. The minimum Gasteiger partial charge on any atom is -0.444 e. The van der Waals surface area contributed by atoms with Crippen LogP contribution < -0.4 is 5.32 Å². The summed E-state index contributed by atoms with van der Waals surface area (Å²) in [6, 6.07) is 27.8. The second kappa shape index (κ2) is 12.2. The molecule has 1 N–H and O–H groups in total. The van der Waals surface area contributed by atoms with Gasteiger partial charge < -0.3 is 19.9 Å². The molecule has 0 radical (unpaired) electrons. The molecule has 0 bridgehead atoms. The largest absolute Gasteiger partial charge is 0.444 e. The van der Waals surface area contributed by atoms with E-state index >= 15 is 0 Å². The molecule has 3 aromatic carbocycles. The maximum absolute atomic E-state index is 14.3. The van der Waals surface area contributed by atoms with Gasteiger partial charge >= 0.3 is 6.09 Å². The van der Waals surface area contributed by atoms with E-state index in [1.54, 1.807) is 4.90 Å². The van der Waals surface area contributed by atoms with Crippen molar-refractivity contribution in [3.8, 4) is 0 Å². The standard InChI is InChI=1S/C34H39N3O4/c1-34(2,3)41-33(40)37-21-26(18-24-12-6-4-7-13-24)27(23-37)22-36(20-25-14-8-5-9-15-25)32(39)29-19-31(38)35-30-17-11-10-16-28(29)30/h4-17,26-27,29H,18-23H2,1-3H3,(H,35,38). The van der Waals surface area contributed by atoms with Gasteiger partial charge in [-0.05, 0) is 61.8 Å². The number of para-hydroxylation sites is 1. The topological polar surface area (TPSA) is 79.0 Å². The Kier molecular flexibility index (Phi) is 8.43. The third kappa shape index (κ3) is 7.15. The van der Waals surface area contributed by atoms with Crippen LogP contribution >= 0.6 is 0 Å². The first-order valence-electron chi connectivity index (χ1n) is 14.4. The van der Waals surface area contributed by atoms with Crippen molar-refractivity contribution in [2.45, 2.75) is 51.7 Å². The summed E-state index contributed by atoms with van der Waals surface area (Å²) >= 11 is 0. The van der Waals surface area contributed by atoms with E-state index < -0.39 is 11.5 Å². The zero-order chi connectivity index (χ0) is 29.0. The van der Waals surface area contributed by atoms with Gasteiger partial charge in [0.05, 0.1) is 5.92 Å². The number of benzene rings is 3. The van der Waals surface area contributed by atoms with Crippen LogP contribution in [0.25, 0.3) is 0 Å². The number of carbonyl (C=O) groups excluding carboxylic acids is 3. The summed E-state index contributed by atoms with van der Waals surface area (Å²) in [6.07, 6.45) is 0.590. The van der Waals surface area contributed by atoms with Gasteiger partial charge in [-0.15, -0.1) is 0 Å². The molecule has 2 aliphatic heterocycles. The van der Waals surface area contributed by atoms with Gasteiger partial charge in [0.1, 0.15) is 5.60 Å². The van der Waals surface area contributed by atoms with Gasteiger partial charge in [-0.3, -0.25) is 9.59 Å². The van der Waals surface area contributed by atoms with Crippen molar-refractivity contribution < 1.29 is 19.1 Å². The van der Waals surface area contributed by atoms with E-state index in [9.17, 15) is 14.4 Å². The molecule has 0 spiro atoms. The van der Waals surface area contributed by atoms with Crippen LogP contribution in [0.1, 0.15) is 49.8 Å². The Morgan fingerprint density at radius 1 is 0.878 bits per heavy atom. The van der Waals surface area contributed by atoms with Crippen molar-refractivity contribution in [3.05, 3.63) is 102 Å². The molecule has 214 valence electrons. The number of anilines is 1. The highest BCUT2D eigenvalue weighted by Gasteiger charge is 2.40. The van der Waals surface area contributed by atoms with Crippen LogP contribution in [0, 0.1) is 11.8 Å². The zero-order valence-electron chi connectivity index (χ0n) is 24.1. The average molecular weight is 554 g/mol. The number of fused-ring (bicyclic) bond motifs is 1. The van der Waals surface area contributed by atoms with E-state index in [4.69, 9.17) is 4.74 Å². The molecule has 1 saturated heterocycles. The molecular formula is C34H39N3O4. The van der Waals surface area contributed by atoms with Crippen LogP contribution in [0.2, 0.25) is 0 Å².